The Bertz CT molecular complexity index is 217. The first-order valence-corrected chi connectivity index (χ1v) is 5.13. The zero-order valence-corrected chi connectivity index (χ0v) is 12.1. The van der Waals surface area contributed by atoms with Crippen LogP contribution in [0.3, 0.4) is 0 Å². The fourth-order valence-electron chi connectivity index (χ4n) is 2.50. The maximum absolute atomic E-state index is 12.3. The van der Waals surface area contributed by atoms with Crippen molar-refractivity contribution >= 4 is 6.98 Å². The molecule has 0 aromatic rings. The van der Waals surface area contributed by atoms with Gasteiger partial charge in [0, 0.05) is 12.6 Å². The molecule has 2 aliphatic rings. The number of morpholine rings is 1. The van der Waals surface area contributed by atoms with E-state index in [9.17, 15) is 12.9 Å². The average molecular weight is 247 g/mol. The smallest absolute Gasteiger partial charge is 0.448 e. The number of halogens is 3. The molecule has 0 aromatic carbocycles. The third-order valence-corrected chi connectivity index (χ3v) is 3.04. The molecule has 0 radical (unpaired) electrons. The van der Waals surface area contributed by atoms with Gasteiger partial charge in [-0.3, -0.25) is 0 Å². The van der Waals surface area contributed by atoms with Crippen molar-refractivity contribution in [2.75, 3.05) is 19.6 Å². The van der Waals surface area contributed by atoms with Gasteiger partial charge in [0.15, 0.2) is 0 Å². The molecule has 1 aliphatic carbocycles. The van der Waals surface area contributed by atoms with Crippen molar-refractivity contribution in [2.24, 2.45) is 0 Å². The molecule has 1 heterocycles. The molecule has 2 unspecified atom stereocenters. The number of rotatable bonds is 2. The Hall–Kier alpha value is 1.41. The normalized spacial score (nSPS) is 32.2. The molecule has 0 aromatic heterocycles. The summed E-state index contributed by atoms with van der Waals surface area (Å²) in [5.41, 5.74) is 0. The van der Waals surface area contributed by atoms with Gasteiger partial charge < -0.3 is 22.6 Å². The topological polar surface area (TPSA) is 12.5 Å². The fraction of sp³-hybridized carbons (Fsp3) is 1.00. The van der Waals surface area contributed by atoms with Crippen LogP contribution in [0.15, 0.2) is 0 Å². The first-order chi connectivity index (χ1) is 6.56. The van der Waals surface area contributed by atoms with Crippen LogP contribution in [0.1, 0.15) is 19.3 Å². The summed E-state index contributed by atoms with van der Waals surface area (Å²) >= 11 is 0. The minimum absolute atomic E-state index is 0. The Kier molecular flexibility index (Phi) is 5.63. The first-order valence-electron chi connectivity index (χ1n) is 5.13. The first kappa shape index (κ1) is 14.5. The predicted molar refractivity (Wildman–Crippen MR) is 48.0 cm³/mol. The van der Waals surface area contributed by atoms with Crippen LogP contribution in [0, 0.1) is 0 Å². The molecule has 2 fully saturated rings. The molecule has 0 bridgehead atoms. The SMILES string of the molecule is F[B-](F)(F)CN1CCOC2CCCC21.[K+]. The van der Waals surface area contributed by atoms with Gasteiger partial charge in [0.1, 0.15) is 0 Å². The Labute approximate surface area is 130 Å². The number of hydrogen-bond acceptors (Lipinski definition) is 2. The quantitative estimate of drug-likeness (QED) is 0.558. The van der Waals surface area contributed by atoms with E-state index < -0.39 is 13.4 Å². The van der Waals surface area contributed by atoms with Gasteiger partial charge >= 0.3 is 58.4 Å². The summed E-state index contributed by atoms with van der Waals surface area (Å²) < 4.78 is 42.3. The molecule has 7 heteroatoms. The summed E-state index contributed by atoms with van der Waals surface area (Å²) in [6.45, 7) is -3.80. The van der Waals surface area contributed by atoms with Gasteiger partial charge in [-0.25, -0.2) is 0 Å². The molecule has 0 spiro atoms. The molecule has 15 heavy (non-hydrogen) atoms. The summed E-state index contributed by atoms with van der Waals surface area (Å²) in [5.74, 6) is 0. The predicted octanol–water partition coefficient (Wildman–Crippen LogP) is -1.37. The molecule has 82 valence electrons. The Morgan fingerprint density at radius 3 is 2.67 bits per heavy atom. The fourth-order valence-corrected chi connectivity index (χ4v) is 2.50. The van der Waals surface area contributed by atoms with Crippen molar-refractivity contribution in [2.45, 2.75) is 31.4 Å². The second-order valence-corrected chi connectivity index (χ2v) is 4.11. The van der Waals surface area contributed by atoms with E-state index in [1.54, 1.807) is 4.90 Å². The summed E-state index contributed by atoms with van der Waals surface area (Å²) in [4.78, 5) is 1.56. The zero-order chi connectivity index (χ0) is 10.2. The Balaban J connectivity index is 0.00000112. The minimum Gasteiger partial charge on any atom is -0.448 e. The van der Waals surface area contributed by atoms with Crippen LogP contribution >= 0.6 is 0 Å². The van der Waals surface area contributed by atoms with E-state index in [4.69, 9.17) is 4.74 Å². The van der Waals surface area contributed by atoms with Gasteiger partial charge in [0.2, 0.25) is 0 Å². The van der Waals surface area contributed by atoms with E-state index in [0.717, 1.165) is 19.3 Å². The summed E-state index contributed by atoms with van der Waals surface area (Å²) in [6, 6.07) is 0.0206. The zero-order valence-electron chi connectivity index (χ0n) is 8.96. The van der Waals surface area contributed by atoms with Gasteiger partial charge in [-0.05, 0) is 25.7 Å². The van der Waals surface area contributed by atoms with Crippen LogP contribution < -0.4 is 51.4 Å². The molecular weight excluding hydrogens is 233 g/mol. The van der Waals surface area contributed by atoms with Crippen LogP contribution in [-0.4, -0.2) is 43.6 Å². The largest absolute Gasteiger partial charge is 1.00 e. The van der Waals surface area contributed by atoms with Gasteiger partial charge in [-0.2, -0.15) is 0 Å². The summed E-state index contributed by atoms with van der Waals surface area (Å²) in [6.07, 6.45) is 2.12. The van der Waals surface area contributed by atoms with Crippen molar-refractivity contribution in [3.8, 4) is 0 Å². The minimum atomic E-state index is -4.69. The van der Waals surface area contributed by atoms with Crippen molar-refractivity contribution in [1.29, 1.82) is 0 Å². The van der Waals surface area contributed by atoms with E-state index in [2.05, 4.69) is 0 Å². The molecule has 2 nitrogen and oxygen atoms in total. The number of hydrogen-bond donors (Lipinski definition) is 0. The molecule has 2 rings (SSSR count). The second-order valence-electron chi connectivity index (χ2n) is 4.11. The van der Waals surface area contributed by atoms with Gasteiger partial charge in [-0.1, -0.05) is 0 Å². The van der Waals surface area contributed by atoms with Crippen molar-refractivity contribution < 1.29 is 69.1 Å². The third kappa shape index (κ3) is 3.97. The number of nitrogens with zero attached hydrogens (tertiary/aromatic N) is 1. The van der Waals surface area contributed by atoms with Gasteiger partial charge in [0.25, 0.3) is 0 Å². The van der Waals surface area contributed by atoms with Gasteiger partial charge in [-0.15, -0.1) is 0 Å². The molecular formula is C8H14BF3KNO. The van der Waals surface area contributed by atoms with Crippen LogP contribution in [0.4, 0.5) is 12.9 Å². The van der Waals surface area contributed by atoms with E-state index in [-0.39, 0.29) is 63.5 Å². The van der Waals surface area contributed by atoms with Crippen molar-refractivity contribution in [1.82, 2.24) is 4.90 Å². The monoisotopic (exact) mass is 247 g/mol. The third-order valence-electron chi connectivity index (χ3n) is 3.04. The maximum atomic E-state index is 12.3. The summed E-state index contributed by atoms with van der Waals surface area (Å²) in [7, 11) is 0. The van der Waals surface area contributed by atoms with E-state index in [1.165, 1.54) is 0 Å². The molecule has 0 amide bonds. The molecule has 2 atom stereocenters. The van der Waals surface area contributed by atoms with E-state index in [1.807, 2.05) is 0 Å². The van der Waals surface area contributed by atoms with E-state index in [0.29, 0.717) is 13.2 Å². The van der Waals surface area contributed by atoms with Crippen LogP contribution in [0.2, 0.25) is 0 Å². The average Bonchev–Trinajstić information content (AvgIpc) is 2.49. The van der Waals surface area contributed by atoms with Crippen LogP contribution in [0.5, 0.6) is 0 Å². The second kappa shape index (κ2) is 5.84. The van der Waals surface area contributed by atoms with Gasteiger partial charge in [0.05, 0.1) is 12.7 Å². The Morgan fingerprint density at radius 2 is 2.00 bits per heavy atom. The molecule has 1 saturated carbocycles. The maximum Gasteiger partial charge on any atom is 1.00 e. The Morgan fingerprint density at radius 1 is 1.27 bits per heavy atom. The summed E-state index contributed by atoms with van der Waals surface area (Å²) in [5, 5.41) is 0. The number of fused-ring (bicyclic) bond motifs is 1. The standard InChI is InChI=1S/C8H14BF3NO.K/c10-9(11,12)6-13-4-5-14-8-3-1-2-7(8)13;/h7-8H,1-6H2;/q-1;+1. The van der Waals surface area contributed by atoms with Crippen LogP contribution in [-0.2, 0) is 4.74 Å². The van der Waals surface area contributed by atoms with Crippen molar-refractivity contribution in [3.63, 3.8) is 0 Å². The number of ether oxygens (including phenoxy) is 1. The van der Waals surface area contributed by atoms with Crippen molar-refractivity contribution in [3.05, 3.63) is 0 Å². The molecule has 0 N–H and O–H groups in total. The van der Waals surface area contributed by atoms with Crippen LogP contribution in [0.25, 0.3) is 0 Å². The molecule has 1 aliphatic heterocycles. The van der Waals surface area contributed by atoms with E-state index >= 15 is 0 Å². The molecule has 1 saturated heterocycles.